The number of rotatable bonds is 6. The smallest absolute Gasteiger partial charge is 0.234 e. The van der Waals surface area contributed by atoms with Crippen LogP contribution < -0.4 is 5.73 Å². The zero-order chi connectivity index (χ0) is 18.8. The third kappa shape index (κ3) is 3.96. The predicted molar refractivity (Wildman–Crippen MR) is 104 cm³/mol. The molecule has 1 saturated heterocycles. The third-order valence-corrected chi connectivity index (χ3v) is 5.86. The number of hydrogen-bond donors (Lipinski definition) is 2. The minimum atomic E-state index is -0.517. The minimum absolute atomic E-state index is 0.00347. The molecule has 7 heteroatoms. The molecular formula is C19H26N4O2S. The van der Waals surface area contributed by atoms with Crippen LogP contribution in [0.3, 0.4) is 0 Å². The molecule has 3 atom stereocenters. The highest BCUT2D eigenvalue weighted by Crippen LogP contribution is 2.33. The van der Waals surface area contributed by atoms with Crippen molar-refractivity contribution in [2.24, 2.45) is 5.73 Å². The predicted octanol–water partition coefficient (Wildman–Crippen LogP) is 1.64. The SMILES string of the molecule is Cc1ncsc1-c1ccc([C@H](CN(C)C)N2CC(O)CC2C(N)=O)cc1. The Kier molecular flexibility index (Phi) is 5.72. The maximum absolute atomic E-state index is 11.9. The molecule has 140 valence electrons. The van der Waals surface area contributed by atoms with E-state index in [0.29, 0.717) is 13.0 Å². The van der Waals surface area contributed by atoms with E-state index in [1.807, 2.05) is 31.4 Å². The number of carbonyl (C=O) groups is 1. The summed E-state index contributed by atoms with van der Waals surface area (Å²) < 4.78 is 0. The molecule has 2 aromatic rings. The van der Waals surface area contributed by atoms with Crippen LogP contribution in [0.1, 0.15) is 23.7 Å². The summed E-state index contributed by atoms with van der Waals surface area (Å²) >= 11 is 1.63. The van der Waals surface area contributed by atoms with E-state index in [2.05, 4.69) is 34.1 Å². The molecule has 0 bridgehead atoms. The average Bonchev–Trinajstić information content (AvgIpc) is 3.18. The number of likely N-dealkylation sites (tertiary alicyclic amines) is 1. The maximum Gasteiger partial charge on any atom is 0.234 e. The van der Waals surface area contributed by atoms with Crippen LogP contribution in [0.4, 0.5) is 0 Å². The van der Waals surface area contributed by atoms with Gasteiger partial charge in [0.1, 0.15) is 0 Å². The number of aryl methyl sites for hydroxylation is 1. The molecule has 0 radical (unpaired) electrons. The zero-order valence-electron chi connectivity index (χ0n) is 15.4. The van der Waals surface area contributed by atoms with Crippen molar-refractivity contribution in [3.63, 3.8) is 0 Å². The van der Waals surface area contributed by atoms with E-state index in [9.17, 15) is 9.90 Å². The summed E-state index contributed by atoms with van der Waals surface area (Å²) in [5.74, 6) is -0.373. The number of amides is 1. The molecule has 1 amide bonds. The van der Waals surface area contributed by atoms with Gasteiger partial charge in [-0.2, -0.15) is 0 Å². The molecule has 3 rings (SSSR count). The first-order valence-electron chi connectivity index (χ1n) is 8.75. The van der Waals surface area contributed by atoms with Gasteiger partial charge in [0.15, 0.2) is 0 Å². The molecule has 0 saturated carbocycles. The number of benzene rings is 1. The molecular weight excluding hydrogens is 348 g/mol. The molecule has 2 unspecified atom stereocenters. The van der Waals surface area contributed by atoms with Crippen LogP contribution >= 0.6 is 11.3 Å². The number of likely N-dealkylation sites (N-methyl/N-ethyl adjacent to an activating group) is 1. The Balaban J connectivity index is 1.90. The van der Waals surface area contributed by atoms with Crippen molar-refractivity contribution < 1.29 is 9.90 Å². The highest BCUT2D eigenvalue weighted by atomic mass is 32.1. The van der Waals surface area contributed by atoms with Gasteiger partial charge in [-0.05, 0) is 38.6 Å². The summed E-state index contributed by atoms with van der Waals surface area (Å²) in [4.78, 5) is 21.5. The van der Waals surface area contributed by atoms with Crippen molar-refractivity contribution in [3.8, 4) is 10.4 Å². The summed E-state index contributed by atoms with van der Waals surface area (Å²) in [6, 6.07) is 7.97. The quantitative estimate of drug-likeness (QED) is 0.803. The summed E-state index contributed by atoms with van der Waals surface area (Å²) in [6.45, 7) is 3.22. The molecule has 26 heavy (non-hydrogen) atoms. The molecule has 1 aromatic heterocycles. The first kappa shape index (κ1) is 19.0. The summed E-state index contributed by atoms with van der Waals surface area (Å²) in [5, 5.41) is 10.1. The summed E-state index contributed by atoms with van der Waals surface area (Å²) in [6.07, 6.45) is -0.117. The van der Waals surface area contributed by atoms with Gasteiger partial charge in [0.05, 0.1) is 28.2 Å². The van der Waals surface area contributed by atoms with E-state index in [-0.39, 0.29) is 11.9 Å². The molecule has 0 spiro atoms. The average molecular weight is 375 g/mol. The van der Waals surface area contributed by atoms with Crippen LogP contribution in [-0.4, -0.2) is 65.1 Å². The normalized spacial score (nSPS) is 22.0. The first-order valence-corrected chi connectivity index (χ1v) is 9.63. The van der Waals surface area contributed by atoms with Crippen LogP contribution in [0.2, 0.25) is 0 Å². The molecule has 2 heterocycles. The summed E-state index contributed by atoms with van der Waals surface area (Å²) in [7, 11) is 4.02. The molecule has 6 nitrogen and oxygen atoms in total. The largest absolute Gasteiger partial charge is 0.392 e. The van der Waals surface area contributed by atoms with Gasteiger partial charge < -0.3 is 15.7 Å². The zero-order valence-corrected chi connectivity index (χ0v) is 16.2. The first-order chi connectivity index (χ1) is 12.4. The highest BCUT2D eigenvalue weighted by Gasteiger charge is 2.39. The number of β-amino-alcohol motifs (C(OH)–C–C–N with tert-alkyl or cyclic N) is 1. The third-order valence-electron chi connectivity index (χ3n) is 4.89. The standard InChI is InChI=1S/C19H26N4O2S/c1-12-18(26-11-21-12)14-6-4-13(5-7-14)17(10-22(2)3)23-9-15(24)8-16(23)19(20)25/h4-7,11,15-17,24H,8-10H2,1-3H3,(H2,20,25)/t15?,16?,17-/m0/s1. The van der Waals surface area contributed by atoms with E-state index in [1.165, 1.54) is 4.88 Å². The van der Waals surface area contributed by atoms with Crippen molar-refractivity contribution in [1.29, 1.82) is 0 Å². The van der Waals surface area contributed by atoms with Crippen LogP contribution in [0.5, 0.6) is 0 Å². The lowest BCUT2D eigenvalue weighted by Crippen LogP contribution is -2.45. The molecule has 1 aromatic carbocycles. The molecule has 1 fully saturated rings. The second-order valence-corrected chi connectivity index (χ2v) is 8.03. The Morgan fingerprint density at radius 1 is 1.42 bits per heavy atom. The van der Waals surface area contributed by atoms with Crippen LogP contribution in [-0.2, 0) is 4.79 Å². The Morgan fingerprint density at radius 2 is 2.12 bits per heavy atom. The van der Waals surface area contributed by atoms with E-state index >= 15 is 0 Å². The van der Waals surface area contributed by atoms with Crippen LogP contribution in [0, 0.1) is 6.92 Å². The fourth-order valence-corrected chi connectivity index (χ4v) is 4.46. The molecule has 1 aliphatic rings. The number of primary amides is 1. The van der Waals surface area contributed by atoms with Crippen molar-refractivity contribution in [3.05, 3.63) is 41.0 Å². The highest BCUT2D eigenvalue weighted by molar-refractivity contribution is 7.13. The Hall–Kier alpha value is -1.80. The Morgan fingerprint density at radius 3 is 2.65 bits per heavy atom. The minimum Gasteiger partial charge on any atom is -0.392 e. The maximum atomic E-state index is 11.9. The van der Waals surface area contributed by atoms with E-state index in [4.69, 9.17) is 5.73 Å². The van der Waals surface area contributed by atoms with Crippen LogP contribution in [0.25, 0.3) is 10.4 Å². The van der Waals surface area contributed by atoms with E-state index in [1.54, 1.807) is 11.3 Å². The lowest BCUT2D eigenvalue weighted by atomic mass is 10.0. The lowest BCUT2D eigenvalue weighted by Gasteiger charge is -2.33. The van der Waals surface area contributed by atoms with Gasteiger partial charge in [0.25, 0.3) is 0 Å². The number of carbonyl (C=O) groups excluding carboxylic acids is 1. The van der Waals surface area contributed by atoms with Gasteiger partial charge in [0, 0.05) is 19.1 Å². The van der Waals surface area contributed by atoms with Crippen molar-refractivity contribution >= 4 is 17.2 Å². The van der Waals surface area contributed by atoms with Gasteiger partial charge in [0.2, 0.25) is 5.91 Å². The number of aliphatic hydroxyl groups excluding tert-OH is 1. The molecule has 1 aliphatic heterocycles. The van der Waals surface area contributed by atoms with Crippen LogP contribution in [0.15, 0.2) is 29.8 Å². The van der Waals surface area contributed by atoms with E-state index < -0.39 is 12.1 Å². The van der Waals surface area contributed by atoms with Crippen molar-refractivity contribution in [2.45, 2.75) is 31.5 Å². The van der Waals surface area contributed by atoms with Gasteiger partial charge in [-0.25, -0.2) is 4.98 Å². The second kappa shape index (κ2) is 7.84. The fraction of sp³-hybridized carbons (Fsp3) is 0.474. The topological polar surface area (TPSA) is 82.7 Å². The Labute approximate surface area is 158 Å². The number of aromatic nitrogens is 1. The number of nitrogens with zero attached hydrogens (tertiary/aromatic N) is 3. The number of hydrogen-bond acceptors (Lipinski definition) is 6. The Bertz CT molecular complexity index is 759. The lowest BCUT2D eigenvalue weighted by molar-refractivity contribution is -0.123. The van der Waals surface area contributed by atoms with Gasteiger partial charge >= 0.3 is 0 Å². The molecule has 3 N–H and O–H groups in total. The van der Waals surface area contributed by atoms with Gasteiger partial charge in [-0.15, -0.1) is 11.3 Å². The monoisotopic (exact) mass is 374 g/mol. The van der Waals surface area contributed by atoms with Gasteiger partial charge in [-0.1, -0.05) is 24.3 Å². The number of nitrogens with two attached hydrogens (primary N) is 1. The van der Waals surface area contributed by atoms with E-state index in [0.717, 1.165) is 23.4 Å². The van der Waals surface area contributed by atoms with Crippen molar-refractivity contribution in [1.82, 2.24) is 14.8 Å². The number of thiazole rings is 1. The van der Waals surface area contributed by atoms with Gasteiger partial charge in [-0.3, -0.25) is 9.69 Å². The fourth-order valence-electron chi connectivity index (χ4n) is 3.65. The summed E-state index contributed by atoms with van der Waals surface area (Å²) in [5.41, 5.74) is 10.7. The molecule has 0 aliphatic carbocycles. The number of aliphatic hydroxyl groups is 1. The second-order valence-electron chi connectivity index (χ2n) is 7.17. The van der Waals surface area contributed by atoms with Crippen molar-refractivity contribution in [2.75, 3.05) is 27.2 Å².